The summed E-state index contributed by atoms with van der Waals surface area (Å²) in [7, 11) is 3.82. The fraction of sp³-hybridized carbons (Fsp3) is 0.857. The van der Waals surface area contributed by atoms with Crippen LogP contribution in [0.1, 0.15) is 20.3 Å². The van der Waals surface area contributed by atoms with Gasteiger partial charge in [0.15, 0.2) is 0 Å². The van der Waals surface area contributed by atoms with Crippen LogP contribution in [0.4, 0.5) is 0 Å². The Morgan fingerprint density at radius 2 is 1.86 bits per heavy atom. The number of nitrogens with one attached hydrogen (secondary N) is 1. The summed E-state index contributed by atoms with van der Waals surface area (Å²) >= 11 is 0. The highest BCUT2D eigenvalue weighted by molar-refractivity contribution is 5.79. The van der Waals surface area contributed by atoms with Crippen LogP contribution >= 0.6 is 0 Å². The van der Waals surface area contributed by atoms with E-state index in [1.54, 1.807) is 4.90 Å². The number of rotatable bonds is 12. The zero-order chi connectivity index (χ0) is 16.3. The van der Waals surface area contributed by atoms with Gasteiger partial charge in [-0.3, -0.25) is 14.5 Å². The average Bonchev–Trinajstić information content (AvgIpc) is 2.34. The third-order valence-corrected chi connectivity index (χ3v) is 2.68. The van der Waals surface area contributed by atoms with Crippen molar-refractivity contribution in [1.82, 2.24) is 15.1 Å². The number of carbonyl (C=O) groups is 2. The quantitative estimate of drug-likeness (QED) is 0.489. The molecule has 0 aromatic rings. The third-order valence-electron chi connectivity index (χ3n) is 2.68. The first kappa shape index (κ1) is 19.8. The van der Waals surface area contributed by atoms with Gasteiger partial charge in [0.2, 0.25) is 5.91 Å². The molecule has 0 heterocycles. The van der Waals surface area contributed by atoms with E-state index < -0.39 is 5.97 Å². The zero-order valence-corrected chi connectivity index (χ0v) is 13.6. The summed E-state index contributed by atoms with van der Waals surface area (Å²) in [5.74, 6) is -1.08. The monoisotopic (exact) mass is 303 g/mol. The Labute approximate surface area is 127 Å². The Hall–Kier alpha value is -1.18. The van der Waals surface area contributed by atoms with Crippen LogP contribution in [-0.4, -0.2) is 86.3 Å². The van der Waals surface area contributed by atoms with Gasteiger partial charge in [0.25, 0.3) is 0 Å². The van der Waals surface area contributed by atoms with Crippen molar-refractivity contribution in [3.05, 3.63) is 0 Å². The molecule has 0 aliphatic heterocycles. The van der Waals surface area contributed by atoms with E-state index in [0.717, 1.165) is 6.42 Å². The number of hydrogen-bond donors (Lipinski definition) is 2. The lowest BCUT2D eigenvalue weighted by Gasteiger charge is -2.21. The Morgan fingerprint density at radius 1 is 1.19 bits per heavy atom. The Balaban J connectivity index is 3.94. The van der Waals surface area contributed by atoms with E-state index in [9.17, 15) is 9.59 Å². The third kappa shape index (κ3) is 13.6. The van der Waals surface area contributed by atoms with Gasteiger partial charge in [0.1, 0.15) is 0 Å². The largest absolute Gasteiger partial charge is 0.480 e. The molecule has 7 heteroatoms. The summed E-state index contributed by atoms with van der Waals surface area (Å²) in [6.45, 7) is 6.31. The fourth-order valence-corrected chi connectivity index (χ4v) is 1.62. The van der Waals surface area contributed by atoms with Crippen molar-refractivity contribution >= 4 is 11.9 Å². The number of hydrogen-bond acceptors (Lipinski definition) is 5. The van der Waals surface area contributed by atoms with Crippen molar-refractivity contribution in [2.24, 2.45) is 0 Å². The van der Waals surface area contributed by atoms with Gasteiger partial charge in [-0.1, -0.05) is 0 Å². The molecule has 124 valence electrons. The molecule has 0 radical (unpaired) electrons. The standard InChI is InChI=1S/C14H29N3O4/c1-12(2)21-9-5-6-15-13(18)10-17(11-14(19)20)8-7-16(3)4/h12H,5-11H2,1-4H3,(H,15,18)(H,19,20). The summed E-state index contributed by atoms with van der Waals surface area (Å²) in [6.07, 6.45) is 0.943. The molecule has 2 N–H and O–H groups in total. The molecule has 0 fully saturated rings. The molecule has 21 heavy (non-hydrogen) atoms. The number of aliphatic carboxylic acids is 1. The molecule has 7 nitrogen and oxygen atoms in total. The number of carboxylic acids is 1. The summed E-state index contributed by atoms with van der Waals surface area (Å²) in [5, 5.41) is 11.6. The molecule has 0 aromatic heterocycles. The van der Waals surface area contributed by atoms with Crippen molar-refractivity contribution in [2.75, 3.05) is 53.4 Å². The van der Waals surface area contributed by atoms with Gasteiger partial charge in [-0.2, -0.15) is 0 Å². The Kier molecular flexibility index (Phi) is 10.8. The maximum Gasteiger partial charge on any atom is 0.317 e. The van der Waals surface area contributed by atoms with E-state index in [1.165, 1.54) is 0 Å². The van der Waals surface area contributed by atoms with E-state index in [-0.39, 0.29) is 25.1 Å². The lowest BCUT2D eigenvalue weighted by atomic mass is 10.4. The summed E-state index contributed by atoms with van der Waals surface area (Å²) in [4.78, 5) is 26.2. The Morgan fingerprint density at radius 3 is 2.38 bits per heavy atom. The molecule has 0 aromatic carbocycles. The van der Waals surface area contributed by atoms with Gasteiger partial charge < -0.3 is 20.1 Å². The number of amides is 1. The predicted molar refractivity (Wildman–Crippen MR) is 81.3 cm³/mol. The Bertz CT molecular complexity index is 309. The molecule has 0 saturated heterocycles. The topological polar surface area (TPSA) is 82.1 Å². The van der Waals surface area contributed by atoms with Crippen molar-refractivity contribution in [3.63, 3.8) is 0 Å². The molecule has 0 saturated carbocycles. The van der Waals surface area contributed by atoms with E-state index in [0.29, 0.717) is 26.2 Å². The number of nitrogens with zero attached hydrogens (tertiary/aromatic N) is 2. The summed E-state index contributed by atoms with van der Waals surface area (Å²) in [5.41, 5.74) is 0. The van der Waals surface area contributed by atoms with Crippen molar-refractivity contribution in [3.8, 4) is 0 Å². The molecule has 0 rings (SSSR count). The molecular weight excluding hydrogens is 274 g/mol. The van der Waals surface area contributed by atoms with Crippen LogP contribution in [-0.2, 0) is 14.3 Å². The van der Waals surface area contributed by atoms with E-state index in [2.05, 4.69) is 5.32 Å². The highest BCUT2D eigenvalue weighted by Crippen LogP contribution is 1.92. The molecule has 1 amide bonds. The molecule has 0 bridgehead atoms. The molecule has 0 aliphatic rings. The lowest BCUT2D eigenvalue weighted by Crippen LogP contribution is -2.42. The van der Waals surface area contributed by atoms with Crippen molar-refractivity contribution in [1.29, 1.82) is 0 Å². The highest BCUT2D eigenvalue weighted by atomic mass is 16.5. The molecule has 0 atom stereocenters. The van der Waals surface area contributed by atoms with Gasteiger partial charge in [0.05, 0.1) is 19.2 Å². The summed E-state index contributed by atoms with van der Waals surface area (Å²) in [6, 6.07) is 0. The van der Waals surface area contributed by atoms with Crippen LogP contribution in [0.2, 0.25) is 0 Å². The number of likely N-dealkylation sites (N-methyl/N-ethyl adjacent to an activating group) is 1. The second-order valence-corrected chi connectivity index (χ2v) is 5.53. The van der Waals surface area contributed by atoms with Crippen molar-refractivity contribution < 1.29 is 19.4 Å². The average molecular weight is 303 g/mol. The van der Waals surface area contributed by atoms with Gasteiger partial charge in [-0.05, 0) is 34.4 Å². The maximum atomic E-state index is 11.8. The van der Waals surface area contributed by atoms with Crippen molar-refractivity contribution in [2.45, 2.75) is 26.4 Å². The molecule has 0 spiro atoms. The van der Waals surface area contributed by atoms with Crippen LogP contribution < -0.4 is 5.32 Å². The first-order valence-corrected chi connectivity index (χ1v) is 7.28. The van der Waals surface area contributed by atoms with Crippen LogP contribution in [0.3, 0.4) is 0 Å². The second kappa shape index (κ2) is 11.5. The minimum absolute atomic E-state index is 0.102. The first-order chi connectivity index (χ1) is 9.81. The van der Waals surface area contributed by atoms with Crippen LogP contribution in [0.25, 0.3) is 0 Å². The van der Waals surface area contributed by atoms with Crippen LogP contribution in [0.15, 0.2) is 0 Å². The van der Waals surface area contributed by atoms with Crippen LogP contribution in [0, 0.1) is 0 Å². The minimum Gasteiger partial charge on any atom is -0.480 e. The van der Waals surface area contributed by atoms with E-state index in [1.807, 2.05) is 32.8 Å². The second-order valence-electron chi connectivity index (χ2n) is 5.53. The molecular formula is C14H29N3O4. The van der Waals surface area contributed by atoms with Gasteiger partial charge in [-0.25, -0.2) is 0 Å². The normalized spacial score (nSPS) is 11.4. The summed E-state index contributed by atoms with van der Waals surface area (Å²) < 4.78 is 5.38. The molecule has 0 aliphatic carbocycles. The number of ether oxygens (including phenoxy) is 1. The van der Waals surface area contributed by atoms with Gasteiger partial charge >= 0.3 is 5.97 Å². The fourth-order valence-electron chi connectivity index (χ4n) is 1.62. The molecule has 0 unspecified atom stereocenters. The smallest absolute Gasteiger partial charge is 0.317 e. The first-order valence-electron chi connectivity index (χ1n) is 7.28. The highest BCUT2D eigenvalue weighted by Gasteiger charge is 2.13. The number of carboxylic acid groups (broad SMARTS) is 1. The maximum absolute atomic E-state index is 11.8. The SMILES string of the molecule is CC(C)OCCCNC(=O)CN(CCN(C)C)CC(=O)O. The predicted octanol–water partition coefficient (Wildman–Crippen LogP) is -0.134. The van der Waals surface area contributed by atoms with E-state index >= 15 is 0 Å². The number of carbonyl (C=O) groups excluding carboxylic acids is 1. The lowest BCUT2D eigenvalue weighted by molar-refractivity contribution is -0.138. The van der Waals surface area contributed by atoms with Gasteiger partial charge in [-0.15, -0.1) is 0 Å². The minimum atomic E-state index is -0.924. The zero-order valence-electron chi connectivity index (χ0n) is 13.6. The van der Waals surface area contributed by atoms with E-state index in [4.69, 9.17) is 9.84 Å². The van der Waals surface area contributed by atoms with Gasteiger partial charge in [0, 0.05) is 26.2 Å². The van der Waals surface area contributed by atoms with Crippen LogP contribution in [0.5, 0.6) is 0 Å².